The number of ether oxygens (including phenoxy) is 2. The second-order valence-corrected chi connectivity index (χ2v) is 6.27. The van der Waals surface area contributed by atoms with Crippen molar-refractivity contribution in [2.45, 2.75) is 18.9 Å². The SMILES string of the molecule is O=C(CN1C(=O)CNC1=O)N(CCOc1ccccc1)C[C@@H]1CCCO1. The summed E-state index contributed by atoms with van der Waals surface area (Å²) in [5.74, 6) is 0.0506. The number of imide groups is 1. The van der Waals surface area contributed by atoms with Crippen LogP contribution in [0.3, 0.4) is 0 Å². The quantitative estimate of drug-likeness (QED) is 0.686. The lowest BCUT2D eigenvalue weighted by Gasteiger charge is -2.27. The molecule has 2 aliphatic heterocycles. The Hall–Kier alpha value is -2.61. The zero-order chi connectivity index (χ0) is 18.4. The van der Waals surface area contributed by atoms with Gasteiger partial charge in [-0.05, 0) is 25.0 Å². The van der Waals surface area contributed by atoms with E-state index < -0.39 is 6.03 Å². The van der Waals surface area contributed by atoms with Gasteiger partial charge in [0.15, 0.2) is 0 Å². The van der Waals surface area contributed by atoms with Gasteiger partial charge in [-0.25, -0.2) is 4.79 Å². The maximum atomic E-state index is 12.7. The van der Waals surface area contributed by atoms with E-state index in [-0.39, 0.29) is 31.0 Å². The lowest BCUT2D eigenvalue weighted by atomic mass is 10.2. The third-order valence-electron chi connectivity index (χ3n) is 4.40. The first-order chi connectivity index (χ1) is 12.6. The van der Waals surface area contributed by atoms with Gasteiger partial charge in [0, 0.05) is 13.2 Å². The smallest absolute Gasteiger partial charge is 0.325 e. The van der Waals surface area contributed by atoms with Crippen molar-refractivity contribution in [3.63, 3.8) is 0 Å². The highest BCUT2D eigenvalue weighted by Gasteiger charge is 2.32. The predicted octanol–water partition coefficient (Wildman–Crippen LogP) is 0.625. The summed E-state index contributed by atoms with van der Waals surface area (Å²) in [4.78, 5) is 38.6. The van der Waals surface area contributed by atoms with Crippen LogP contribution in [-0.4, -0.2) is 73.1 Å². The molecular weight excluding hydrogens is 338 g/mol. The minimum atomic E-state index is -0.527. The fourth-order valence-electron chi connectivity index (χ4n) is 2.99. The van der Waals surface area contributed by atoms with E-state index in [1.165, 1.54) is 0 Å². The van der Waals surface area contributed by atoms with Crippen molar-refractivity contribution in [3.05, 3.63) is 30.3 Å². The number of amides is 4. The van der Waals surface area contributed by atoms with E-state index >= 15 is 0 Å². The van der Waals surface area contributed by atoms with Crippen LogP contribution in [0.4, 0.5) is 4.79 Å². The van der Waals surface area contributed by atoms with Gasteiger partial charge < -0.3 is 19.7 Å². The van der Waals surface area contributed by atoms with Crippen LogP contribution < -0.4 is 10.1 Å². The number of carbonyl (C=O) groups is 3. The van der Waals surface area contributed by atoms with Gasteiger partial charge in [0.2, 0.25) is 5.91 Å². The molecule has 0 bridgehead atoms. The minimum Gasteiger partial charge on any atom is -0.492 e. The standard InChI is InChI=1S/C18H23N3O5/c22-16-11-19-18(24)21(16)13-17(23)20(12-15-7-4-9-25-15)8-10-26-14-5-2-1-3-6-14/h1-3,5-6,15H,4,7-13H2,(H,19,24)/t15-/m0/s1. The molecule has 1 N–H and O–H groups in total. The molecule has 3 rings (SSSR count). The molecule has 2 saturated heterocycles. The summed E-state index contributed by atoms with van der Waals surface area (Å²) in [7, 11) is 0. The molecule has 140 valence electrons. The van der Waals surface area contributed by atoms with E-state index in [1.54, 1.807) is 4.90 Å². The van der Waals surface area contributed by atoms with E-state index in [1.807, 2.05) is 30.3 Å². The molecular formula is C18H23N3O5. The van der Waals surface area contributed by atoms with E-state index in [0.29, 0.717) is 26.3 Å². The van der Waals surface area contributed by atoms with Crippen molar-refractivity contribution in [2.75, 3.05) is 39.4 Å². The molecule has 0 aliphatic carbocycles. The third-order valence-corrected chi connectivity index (χ3v) is 4.40. The van der Waals surface area contributed by atoms with Crippen LogP contribution in [-0.2, 0) is 14.3 Å². The molecule has 0 unspecified atom stereocenters. The van der Waals surface area contributed by atoms with Gasteiger partial charge in [0.25, 0.3) is 5.91 Å². The number of hydrogen-bond donors (Lipinski definition) is 1. The molecule has 2 fully saturated rings. The number of para-hydroxylation sites is 1. The van der Waals surface area contributed by atoms with Crippen molar-refractivity contribution in [2.24, 2.45) is 0 Å². The fourth-order valence-corrected chi connectivity index (χ4v) is 2.99. The molecule has 8 nitrogen and oxygen atoms in total. The summed E-state index contributed by atoms with van der Waals surface area (Å²) < 4.78 is 11.3. The summed E-state index contributed by atoms with van der Waals surface area (Å²) in [5, 5.41) is 2.42. The van der Waals surface area contributed by atoms with Crippen LogP contribution in [0.2, 0.25) is 0 Å². The normalized spacial score (nSPS) is 19.5. The average molecular weight is 361 g/mol. The summed E-state index contributed by atoms with van der Waals surface area (Å²) >= 11 is 0. The van der Waals surface area contributed by atoms with Crippen molar-refractivity contribution >= 4 is 17.8 Å². The Labute approximate surface area is 152 Å². The highest BCUT2D eigenvalue weighted by Crippen LogP contribution is 2.14. The van der Waals surface area contributed by atoms with Crippen LogP contribution >= 0.6 is 0 Å². The zero-order valence-corrected chi connectivity index (χ0v) is 14.6. The Morgan fingerprint density at radius 3 is 2.77 bits per heavy atom. The molecule has 2 heterocycles. The van der Waals surface area contributed by atoms with E-state index in [9.17, 15) is 14.4 Å². The largest absolute Gasteiger partial charge is 0.492 e. The monoisotopic (exact) mass is 361 g/mol. The molecule has 26 heavy (non-hydrogen) atoms. The highest BCUT2D eigenvalue weighted by molar-refractivity contribution is 6.04. The lowest BCUT2D eigenvalue weighted by molar-refractivity contribution is -0.137. The lowest BCUT2D eigenvalue weighted by Crippen LogP contribution is -2.46. The van der Waals surface area contributed by atoms with Gasteiger partial charge in [-0.3, -0.25) is 14.5 Å². The molecule has 0 spiro atoms. The van der Waals surface area contributed by atoms with Crippen molar-refractivity contribution in [1.29, 1.82) is 0 Å². The summed E-state index contributed by atoms with van der Waals surface area (Å²) in [5.41, 5.74) is 0. The summed E-state index contributed by atoms with van der Waals surface area (Å²) in [6.07, 6.45) is 1.85. The average Bonchev–Trinajstić information content (AvgIpc) is 3.27. The van der Waals surface area contributed by atoms with Gasteiger partial charge in [-0.2, -0.15) is 0 Å². The van der Waals surface area contributed by atoms with Crippen molar-refractivity contribution in [3.8, 4) is 5.75 Å². The number of nitrogens with one attached hydrogen (secondary N) is 1. The summed E-state index contributed by atoms with van der Waals surface area (Å²) in [6.45, 7) is 1.48. The van der Waals surface area contributed by atoms with Crippen LogP contribution in [0.25, 0.3) is 0 Å². The van der Waals surface area contributed by atoms with Gasteiger partial charge in [-0.1, -0.05) is 18.2 Å². The minimum absolute atomic E-state index is 0.0150. The molecule has 1 aromatic rings. The second kappa shape index (κ2) is 8.66. The topological polar surface area (TPSA) is 88.2 Å². The molecule has 4 amide bonds. The number of benzene rings is 1. The molecule has 0 radical (unpaired) electrons. The first-order valence-corrected chi connectivity index (χ1v) is 8.79. The maximum Gasteiger partial charge on any atom is 0.325 e. The van der Waals surface area contributed by atoms with E-state index in [0.717, 1.165) is 23.5 Å². The molecule has 1 aromatic carbocycles. The molecule has 0 saturated carbocycles. The Kier molecular flexibility index (Phi) is 6.06. The number of urea groups is 1. The Morgan fingerprint density at radius 1 is 1.31 bits per heavy atom. The maximum absolute atomic E-state index is 12.7. The highest BCUT2D eigenvalue weighted by atomic mass is 16.5. The second-order valence-electron chi connectivity index (χ2n) is 6.27. The Bertz CT molecular complexity index is 629. The number of hydrogen-bond acceptors (Lipinski definition) is 5. The predicted molar refractivity (Wildman–Crippen MR) is 92.6 cm³/mol. The molecule has 2 aliphatic rings. The van der Waals surface area contributed by atoms with Crippen LogP contribution in [0.5, 0.6) is 5.75 Å². The molecule has 8 heteroatoms. The Morgan fingerprint density at radius 2 is 2.12 bits per heavy atom. The molecule has 0 aromatic heterocycles. The first-order valence-electron chi connectivity index (χ1n) is 8.79. The van der Waals surface area contributed by atoms with Crippen molar-refractivity contribution in [1.82, 2.24) is 15.1 Å². The van der Waals surface area contributed by atoms with E-state index in [4.69, 9.17) is 9.47 Å². The number of carbonyl (C=O) groups excluding carboxylic acids is 3. The first kappa shape index (κ1) is 18.2. The van der Waals surface area contributed by atoms with Crippen LogP contribution in [0.1, 0.15) is 12.8 Å². The third kappa shape index (κ3) is 4.72. The number of rotatable bonds is 8. The zero-order valence-electron chi connectivity index (χ0n) is 14.6. The van der Waals surface area contributed by atoms with Crippen LogP contribution in [0, 0.1) is 0 Å². The van der Waals surface area contributed by atoms with Gasteiger partial charge >= 0.3 is 6.03 Å². The summed E-state index contributed by atoms with van der Waals surface area (Å²) in [6, 6.07) is 8.82. The van der Waals surface area contributed by atoms with Gasteiger partial charge in [-0.15, -0.1) is 0 Å². The Balaban J connectivity index is 1.57. The fraction of sp³-hybridized carbons (Fsp3) is 0.500. The van der Waals surface area contributed by atoms with Gasteiger partial charge in [0.1, 0.15) is 18.9 Å². The van der Waals surface area contributed by atoms with E-state index in [2.05, 4.69) is 5.32 Å². The van der Waals surface area contributed by atoms with Crippen molar-refractivity contribution < 1.29 is 23.9 Å². The van der Waals surface area contributed by atoms with Gasteiger partial charge in [0.05, 0.1) is 19.2 Å². The number of nitrogens with zero attached hydrogens (tertiary/aromatic N) is 2. The van der Waals surface area contributed by atoms with Crippen LogP contribution in [0.15, 0.2) is 30.3 Å². The molecule has 1 atom stereocenters.